The summed E-state index contributed by atoms with van der Waals surface area (Å²) in [7, 11) is 1.71. The van der Waals surface area contributed by atoms with E-state index in [0.717, 1.165) is 43.3 Å². The van der Waals surface area contributed by atoms with Gasteiger partial charge in [0.15, 0.2) is 11.4 Å². The van der Waals surface area contributed by atoms with E-state index in [4.69, 9.17) is 35.1 Å². The Balaban J connectivity index is 0.000000316. The van der Waals surface area contributed by atoms with Gasteiger partial charge < -0.3 is 30.5 Å². The Morgan fingerprint density at radius 2 is 1.71 bits per heavy atom. The minimum Gasteiger partial charge on any atom is -0.481 e. The summed E-state index contributed by atoms with van der Waals surface area (Å²) < 4.78 is 5.19. The average Bonchev–Trinajstić information content (AvgIpc) is 2.94. The van der Waals surface area contributed by atoms with Gasteiger partial charge in [-0.25, -0.2) is 14.8 Å². The van der Waals surface area contributed by atoms with Gasteiger partial charge in [-0.3, -0.25) is 19.5 Å². The Labute approximate surface area is 242 Å². The van der Waals surface area contributed by atoms with Crippen LogP contribution in [0.4, 0.5) is 5.82 Å². The minimum absolute atomic E-state index is 0.636. The molecule has 0 unspecified atom stereocenters. The van der Waals surface area contributed by atoms with E-state index in [1.165, 1.54) is 16.7 Å². The monoisotopic (exact) mass is 581 g/mol. The van der Waals surface area contributed by atoms with Crippen LogP contribution in [0.5, 0.6) is 0 Å². The quantitative estimate of drug-likeness (QED) is 0.196. The number of nitrogens with zero attached hydrogens (tertiary/aromatic N) is 4. The maximum Gasteiger partial charge on any atom is 0.336 e. The van der Waals surface area contributed by atoms with Crippen molar-refractivity contribution in [2.45, 2.75) is 44.9 Å². The van der Waals surface area contributed by atoms with Crippen LogP contribution in [0.2, 0.25) is 0 Å². The first kappa shape index (κ1) is 32.1. The van der Waals surface area contributed by atoms with Gasteiger partial charge in [-0.1, -0.05) is 35.9 Å². The molecule has 0 amide bonds. The number of fused-ring (bicyclic) bond motifs is 1. The van der Waals surface area contributed by atoms with Crippen molar-refractivity contribution >= 4 is 23.7 Å². The van der Waals surface area contributed by atoms with Gasteiger partial charge in [-0.05, 0) is 31.0 Å². The van der Waals surface area contributed by atoms with Gasteiger partial charge in [0.05, 0.1) is 25.1 Å². The largest absolute Gasteiger partial charge is 0.481 e. The van der Waals surface area contributed by atoms with E-state index in [1.54, 1.807) is 13.3 Å². The van der Waals surface area contributed by atoms with Gasteiger partial charge in [0, 0.05) is 45.0 Å². The molecule has 1 aliphatic rings. The number of aliphatic carboxylic acids is 3. The highest BCUT2D eigenvalue weighted by Crippen LogP contribution is 2.27. The molecule has 0 fully saturated rings. The predicted molar refractivity (Wildman–Crippen MR) is 152 cm³/mol. The zero-order valence-electron chi connectivity index (χ0n) is 23.5. The molecule has 2 aromatic heterocycles. The lowest BCUT2D eigenvalue weighted by Gasteiger charge is -2.29. The number of aryl methyl sites for hydroxylation is 1. The van der Waals surface area contributed by atoms with Crippen LogP contribution in [0, 0.1) is 6.92 Å². The van der Waals surface area contributed by atoms with Gasteiger partial charge >= 0.3 is 17.9 Å². The second kappa shape index (κ2) is 15.0. The summed E-state index contributed by atoms with van der Waals surface area (Å²) in [4.78, 5) is 47.0. The number of anilines is 1. The van der Waals surface area contributed by atoms with E-state index < -0.39 is 36.4 Å². The highest BCUT2D eigenvalue weighted by atomic mass is 16.5. The summed E-state index contributed by atoms with van der Waals surface area (Å²) >= 11 is 0. The van der Waals surface area contributed by atoms with Gasteiger partial charge in [-0.15, -0.1) is 0 Å². The Hall–Kier alpha value is -4.46. The normalized spacial score (nSPS) is 12.9. The van der Waals surface area contributed by atoms with Crippen LogP contribution >= 0.6 is 0 Å². The van der Waals surface area contributed by atoms with Crippen molar-refractivity contribution < 1.29 is 39.5 Å². The summed E-state index contributed by atoms with van der Waals surface area (Å²) in [5.74, 6) is -3.45. The topological polar surface area (TPSA) is 195 Å². The number of carboxylic acids is 3. The predicted octanol–water partition coefficient (Wildman–Crippen LogP) is 2.22. The van der Waals surface area contributed by atoms with Crippen LogP contribution in [0.15, 0.2) is 48.7 Å². The first-order valence-electron chi connectivity index (χ1n) is 13.2. The van der Waals surface area contributed by atoms with Crippen LogP contribution in [-0.2, 0) is 38.6 Å². The third-order valence-electron chi connectivity index (χ3n) is 6.45. The van der Waals surface area contributed by atoms with Crippen LogP contribution in [0.3, 0.4) is 0 Å². The fourth-order valence-electron chi connectivity index (χ4n) is 4.31. The number of nitrogens with one attached hydrogen (secondary N) is 1. The number of benzene rings is 1. The summed E-state index contributed by atoms with van der Waals surface area (Å²) in [5.41, 5.74) is 2.96. The summed E-state index contributed by atoms with van der Waals surface area (Å²) in [6.45, 7) is 6.20. The second-order valence-electron chi connectivity index (χ2n) is 9.88. The molecule has 0 bridgehead atoms. The molecule has 0 aliphatic carbocycles. The lowest BCUT2D eigenvalue weighted by atomic mass is 9.96. The van der Waals surface area contributed by atoms with Crippen molar-refractivity contribution in [1.82, 2.24) is 19.9 Å². The molecular weight excluding hydrogens is 546 g/mol. The van der Waals surface area contributed by atoms with Crippen LogP contribution in [0.1, 0.15) is 35.2 Å². The lowest BCUT2D eigenvalue weighted by Crippen LogP contribution is -2.42. The van der Waals surface area contributed by atoms with Crippen LogP contribution in [-0.4, -0.2) is 90.6 Å². The van der Waals surface area contributed by atoms with Crippen molar-refractivity contribution in [3.8, 4) is 11.5 Å². The summed E-state index contributed by atoms with van der Waals surface area (Å²) in [6.07, 6.45) is 0.419. The van der Waals surface area contributed by atoms with E-state index in [2.05, 4.69) is 46.4 Å². The number of rotatable bonds is 12. The maximum absolute atomic E-state index is 10.3. The van der Waals surface area contributed by atoms with Gasteiger partial charge in [0.2, 0.25) is 0 Å². The van der Waals surface area contributed by atoms with Crippen molar-refractivity contribution in [1.29, 1.82) is 0 Å². The number of ether oxygens (including phenoxy) is 1. The molecular formula is C29H35N5O8. The molecule has 224 valence electrons. The van der Waals surface area contributed by atoms with Gasteiger partial charge in [-0.2, -0.15) is 0 Å². The zero-order valence-corrected chi connectivity index (χ0v) is 23.5. The lowest BCUT2D eigenvalue weighted by molar-refractivity contribution is -0.170. The van der Waals surface area contributed by atoms with E-state index in [9.17, 15) is 14.4 Å². The number of carboxylic acid groups (broad SMARTS) is 3. The fourth-order valence-corrected chi connectivity index (χ4v) is 4.31. The first-order chi connectivity index (χ1) is 20.0. The molecule has 1 aliphatic heterocycles. The Morgan fingerprint density at radius 1 is 1.02 bits per heavy atom. The minimum atomic E-state index is -2.74. The molecule has 0 spiro atoms. The third-order valence-corrected chi connectivity index (χ3v) is 6.45. The van der Waals surface area contributed by atoms with Gasteiger partial charge in [0.25, 0.3) is 0 Å². The molecule has 13 nitrogen and oxygen atoms in total. The molecule has 3 heterocycles. The molecule has 4 rings (SSSR count). The highest BCUT2D eigenvalue weighted by molar-refractivity contribution is 5.88. The molecule has 0 saturated heterocycles. The zero-order chi connectivity index (χ0) is 30.7. The Kier molecular flexibility index (Phi) is 11.4. The number of pyridine rings is 1. The first-order valence-corrected chi connectivity index (χ1v) is 13.2. The van der Waals surface area contributed by atoms with E-state index in [1.807, 2.05) is 18.2 Å². The number of aromatic nitrogens is 3. The van der Waals surface area contributed by atoms with Crippen LogP contribution in [0.25, 0.3) is 11.5 Å². The molecule has 0 atom stereocenters. The van der Waals surface area contributed by atoms with E-state index in [-0.39, 0.29) is 0 Å². The number of aliphatic hydroxyl groups is 1. The standard InChI is InChI=1S/C23H27N5O.C6H8O7/c1-17-6-8-18(9-7-17)15-28-13-10-19-21(16-28)26-23(20-5-3-4-11-24-20)27-22(19)25-12-14-29-2;7-3(8)1-6(13,5(11)12)2-4(9)10/h3-9,11H,10,12-16H2,1-2H3,(H,25,26,27);13H,1-2H2,(H,7,8)(H,9,10)(H,11,12). The Bertz CT molecular complexity index is 1350. The van der Waals surface area contributed by atoms with Crippen LogP contribution < -0.4 is 5.32 Å². The number of hydrogen-bond donors (Lipinski definition) is 5. The highest BCUT2D eigenvalue weighted by Gasteiger charge is 2.40. The molecule has 5 N–H and O–H groups in total. The van der Waals surface area contributed by atoms with Crippen molar-refractivity contribution in [3.05, 3.63) is 71.0 Å². The Morgan fingerprint density at radius 3 is 2.29 bits per heavy atom. The van der Waals surface area contributed by atoms with Crippen molar-refractivity contribution in [3.63, 3.8) is 0 Å². The maximum atomic E-state index is 10.3. The molecule has 42 heavy (non-hydrogen) atoms. The third kappa shape index (κ3) is 9.29. The van der Waals surface area contributed by atoms with Crippen molar-refractivity contribution in [2.75, 3.05) is 32.1 Å². The fraction of sp³-hybridized carbons (Fsp3) is 0.379. The molecule has 0 radical (unpaired) electrons. The van der Waals surface area contributed by atoms with Crippen molar-refractivity contribution in [2.24, 2.45) is 0 Å². The average molecular weight is 582 g/mol. The molecule has 13 heteroatoms. The number of carbonyl (C=O) groups is 3. The molecule has 1 aromatic carbocycles. The van der Waals surface area contributed by atoms with Gasteiger partial charge in [0.1, 0.15) is 11.5 Å². The second-order valence-corrected chi connectivity index (χ2v) is 9.88. The summed E-state index contributed by atoms with van der Waals surface area (Å²) in [6, 6.07) is 14.6. The number of hydrogen-bond acceptors (Lipinski definition) is 10. The number of methoxy groups -OCH3 is 1. The van der Waals surface area contributed by atoms with E-state index >= 15 is 0 Å². The molecule has 0 saturated carbocycles. The SMILES string of the molecule is COCCNc1nc(-c2ccccn2)nc2c1CCN(Cc1ccc(C)cc1)C2.O=C(O)CC(O)(CC(=O)O)C(=O)O. The molecule has 3 aromatic rings. The summed E-state index contributed by atoms with van der Waals surface area (Å²) in [5, 5.41) is 37.2. The van der Waals surface area contributed by atoms with E-state index in [0.29, 0.717) is 19.0 Å². The smallest absolute Gasteiger partial charge is 0.336 e.